The predicted molar refractivity (Wildman–Crippen MR) is 154 cm³/mol. The van der Waals surface area contributed by atoms with Gasteiger partial charge in [-0.3, -0.25) is 9.52 Å². The largest absolute Gasteiger partial charge is 0.497 e. The Bertz CT molecular complexity index is 1590. The Kier molecular flexibility index (Phi) is 9.07. The van der Waals surface area contributed by atoms with E-state index in [-0.39, 0.29) is 16.6 Å². The monoisotopic (exact) mass is 562 g/mol. The van der Waals surface area contributed by atoms with E-state index in [0.717, 1.165) is 0 Å². The first-order valence-corrected chi connectivity index (χ1v) is 13.8. The Hall–Kier alpha value is -4.77. The Morgan fingerprint density at radius 1 is 0.800 bits per heavy atom. The second-order valence-corrected chi connectivity index (χ2v) is 10.2. The van der Waals surface area contributed by atoms with Crippen LogP contribution in [0, 0.1) is 0 Å². The Morgan fingerprint density at radius 2 is 1.57 bits per heavy atom. The third-order valence-electron chi connectivity index (χ3n) is 5.87. The van der Waals surface area contributed by atoms with Crippen molar-refractivity contribution in [1.82, 2.24) is 10.3 Å². The molecule has 0 saturated heterocycles. The van der Waals surface area contributed by atoms with Gasteiger partial charge in [0.2, 0.25) is 5.88 Å². The van der Waals surface area contributed by atoms with E-state index in [0.29, 0.717) is 52.9 Å². The molecule has 4 aromatic rings. The SMILES string of the molecule is COc1cccc(C(=O)NCCNc2cccc(NS(=O)(=O)c3cc(-c4cccc(OC)n4)ccc3OC)c2)c1. The standard InChI is InChI=1S/C29H30N4O6S/c1-37-24-10-4-7-21(17-24)29(34)31-16-15-30-22-8-5-9-23(19-22)33-40(35,36)27-18-20(13-14-26(27)38-2)25-11-6-12-28(32-25)39-3/h4-14,17-19,30,33H,15-16H2,1-3H3,(H,31,34). The lowest BCUT2D eigenvalue weighted by Gasteiger charge is -2.14. The van der Waals surface area contributed by atoms with Crippen LogP contribution in [-0.4, -0.2) is 53.7 Å². The van der Waals surface area contributed by atoms with Crippen LogP contribution in [0.2, 0.25) is 0 Å². The van der Waals surface area contributed by atoms with Gasteiger partial charge in [0.05, 0.1) is 32.7 Å². The van der Waals surface area contributed by atoms with Crippen molar-refractivity contribution in [2.45, 2.75) is 4.90 Å². The molecular formula is C29H30N4O6S. The Morgan fingerprint density at radius 3 is 2.35 bits per heavy atom. The summed E-state index contributed by atoms with van der Waals surface area (Å²) in [6.07, 6.45) is 0. The number of aromatic nitrogens is 1. The lowest BCUT2D eigenvalue weighted by molar-refractivity contribution is 0.0955. The number of carbonyl (C=O) groups excluding carboxylic acids is 1. The molecule has 0 fully saturated rings. The van der Waals surface area contributed by atoms with Gasteiger partial charge in [-0.05, 0) is 60.7 Å². The molecule has 0 unspecified atom stereocenters. The number of carbonyl (C=O) groups is 1. The molecule has 3 N–H and O–H groups in total. The van der Waals surface area contributed by atoms with Crippen molar-refractivity contribution in [2.75, 3.05) is 44.5 Å². The van der Waals surface area contributed by atoms with Crippen LogP contribution in [0.15, 0.2) is 89.8 Å². The number of ether oxygens (including phenoxy) is 3. The summed E-state index contributed by atoms with van der Waals surface area (Å²) in [7, 11) is 0.451. The number of amides is 1. The summed E-state index contributed by atoms with van der Waals surface area (Å²) < 4.78 is 45.1. The minimum Gasteiger partial charge on any atom is -0.497 e. The highest BCUT2D eigenvalue weighted by Crippen LogP contribution is 2.31. The zero-order valence-electron chi connectivity index (χ0n) is 22.3. The first kappa shape index (κ1) is 28.2. The zero-order chi connectivity index (χ0) is 28.5. The molecular weight excluding hydrogens is 532 g/mol. The summed E-state index contributed by atoms with van der Waals surface area (Å²) in [6, 6.07) is 23.8. The summed E-state index contributed by atoms with van der Waals surface area (Å²) in [4.78, 5) is 16.7. The van der Waals surface area contributed by atoms with E-state index in [2.05, 4.69) is 20.3 Å². The molecule has 4 rings (SSSR count). The number of sulfonamides is 1. The van der Waals surface area contributed by atoms with Crippen molar-refractivity contribution in [1.29, 1.82) is 0 Å². The van der Waals surface area contributed by atoms with Crippen LogP contribution in [0.4, 0.5) is 11.4 Å². The predicted octanol–water partition coefficient (Wildman–Crippen LogP) is 4.42. The van der Waals surface area contributed by atoms with Gasteiger partial charge in [0.1, 0.15) is 16.4 Å². The molecule has 3 aromatic carbocycles. The van der Waals surface area contributed by atoms with Crippen LogP contribution in [0.5, 0.6) is 17.4 Å². The molecule has 0 spiro atoms. The van der Waals surface area contributed by atoms with Crippen molar-refractivity contribution in [2.24, 2.45) is 0 Å². The number of nitrogens with one attached hydrogen (secondary N) is 3. The number of hydrogen-bond donors (Lipinski definition) is 3. The van der Waals surface area contributed by atoms with Crippen LogP contribution in [0.1, 0.15) is 10.4 Å². The average molecular weight is 563 g/mol. The third-order valence-corrected chi connectivity index (χ3v) is 7.27. The van der Waals surface area contributed by atoms with Crippen LogP contribution in [-0.2, 0) is 10.0 Å². The zero-order valence-corrected chi connectivity index (χ0v) is 23.1. The maximum atomic E-state index is 13.4. The Labute approximate surface area is 233 Å². The van der Waals surface area contributed by atoms with Crippen molar-refractivity contribution >= 4 is 27.3 Å². The van der Waals surface area contributed by atoms with Gasteiger partial charge < -0.3 is 24.8 Å². The molecule has 0 aliphatic carbocycles. The second kappa shape index (κ2) is 12.9. The van der Waals surface area contributed by atoms with Crippen LogP contribution < -0.4 is 29.6 Å². The smallest absolute Gasteiger partial charge is 0.265 e. The highest BCUT2D eigenvalue weighted by Gasteiger charge is 2.21. The number of nitrogens with zero attached hydrogens (tertiary/aromatic N) is 1. The van der Waals surface area contributed by atoms with Gasteiger partial charge >= 0.3 is 0 Å². The number of hydrogen-bond acceptors (Lipinski definition) is 8. The summed E-state index contributed by atoms with van der Waals surface area (Å²) in [5, 5.41) is 6.02. The molecule has 0 radical (unpaired) electrons. The van der Waals surface area contributed by atoms with E-state index in [1.807, 2.05) is 0 Å². The molecule has 40 heavy (non-hydrogen) atoms. The van der Waals surface area contributed by atoms with Gasteiger partial charge in [0, 0.05) is 36.0 Å². The molecule has 0 aliphatic heterocycles. The first-order chi connectivity index (χ1) is 19.3. The van der Waals surface area contributed by atoms with Crippen molar-refractivity contribution in [3.8, 4) is 28.6 Å². The Balaban J connectivity index is 1.43. The van der Waals surface area contributed by atoms with Gasteiger partial charge in [0.25, 0.3) is 15.9 Å². The summed E-state index contributed by atoms with van der Waals surface area (Å²) in [5.74, 6) is 0.995. The molecule has 0 bridgehead atoms. The van der Waals surface area contributed by atoms with Gasteiger partial charge in [0.15, 0.2) is 0 Å². The van der Waals surface area contributed by atoms with E-state index in [4.69, 9.17) is 14.2 Å². The third kappa shape index (κ3) is 7.00. The van der Waals surface area contributed by atoms with Crippen LogP contribution in [0.3, 0.4) is 0 Å². The first-order valence-electron chi connectivity index (χ1n) is 12.3. The highest BCUT2D eigenvalue weighted by atomic mass is 32.2. The van der Waals surface area contributed by atoms with E-state index in [1.54, 1.807) is 86.0 Å². The van der Waals surface area contributed by atoms with Gasteiger partial charge in [-0.2, -0.15) is 0 Å². The summed E-state index contributed by atoms with van der Waals surface area (Å²) in [6.45, 7) is 0.781. The van der Waals surface area contributed by atoms with Crippen molar-refractivity contribution in [3.63, 3.8) is 0 Å². The lowest BCUT2D eigenvalue weighted by Crippen LogP contribution is -2.28. The van der Waals surface area contributed by atoms with Gasteiger partial charge in [-0.25, -0.2) is 13.4 Å². The summed E-state index contributed by atoms with van der Waals surface area (Å²) in [5.41, 5.74) is 2.68. The fourth-order valence-electron chi connectivity index (χ4n) is 3.89. The van der Waals surface area contributed by atoms with Crippen molar-refractivity contribution in [3.05, 3.63) is 90.5 Å². The number of rotatable bonds is 12. The number of methoxy groups -OCH3 is 3. The van der Waals surface area contributed by atoms with E-state index in [1.165, 1.54) is 20.3 Å². The molecule has 1 aromatic heterocycles. The van der Waals surface area contributed by atoms with Crippen LogP contribution >= 0.6 is 0 Å². The van der Waals surface area contributed by atoms with E-state index in [9.17, 15) is 13.2 Å². The highest BCUT2D eigenvalue weighted by molar-refractivity contribution is 7.92. The number of pyridine rings is 1. The van der Waals surface area contributed by atoms with Gasteiger partial charge in [-0.1, -0.05) is 18.2 Å². The van der Waals surface area contributed by atoms with E-state index >= 15 is 0 Å². The van der Waals surface area contributed by atoms with Crippen LogP contribution in [0.25, 0.3) is 11.3 Å². The number of anilines is 2. The molecule has 1 heterocycles. The lowest BCUT2D eigenvalue weighted by atomic mass is 10.1. The topological polar surface area (TPSA) is 128 Å². The molecule has 0 saturated carbocycles. The maximum Gasteiger partial charge on any atom is 0.265 e. The van der Waals surface area contributed by atoms with Gasteiger partial charge in [-0.15, -0.1) is 0 Å². The molecule has 208 valence electrons. The van der Waals surface area contributed by atoms with E-state index < -0.39 is 10.0 Å². The average Bonchev–Trinajstić information content (AvgIpc) is 2.99. The van der Waals surface area contributed by atoms with Crippen molar-refractivity contribution < 1.29 is 27.4 Å². The number of benzene rings is 3. The second-order valence-electron chi connectivity index (χ2n) is 8.53. The molecule has 0 aliphatic rings. The quantitative estimate of drug-likeness (QED) is 0.217. The molecule has 1 amide bonds. The fraction of sp³-hybridized carbons (Fsp3) is 0.172. The normalized spacial score (nSPS) is 10.9. The molecule has 0 atom stereocenters. The summed E-state index contributed by atoms with van der Waals surface area (Å²) >= 11 is 0. The molecule has 10 nitrogen and oxygen atoms in total. The minimum absolute atomic E-state index is 0.0317. The maximum absolute atomic E-state index is 13.4. The fourth-order valence-corrected chi connectivity index (χ4v) is 5.13. The molecule has 11 heteroatoms. The minimum atomic E-state index is -4.02.